The molecule has 9 nitrogen and oxygen atoms in total. The van der Waals surface area contributed by atoms with Gasteiger partial charge in [0.15, 0.2) is 23.2 Å². The maximum Gasteiger partial charge on any atom is 0.200 e. The normalized spacial score (nSPS) is 30.5. The number of ether oxygens (including phenoxy) is 2. The van der Waals surface area contributed by atoms with Crippen LogP contribution in [0.5, 0.6) is 0 Å². The van der Waals surface area contributed by atoms with Gasteiger partial charge in [0.2, 0.25) is 6.36 Å². The van der Waals surface area contributed by atoms with Gasteiger partial charge in [-0.3, -0.25) is 4.57 Å². The van der Waals surface area contributed by atoms with Crippen molar-refractivity contribution in [1.82, 2.24) is 19.5 Å². The quantitative estimate of drug-likeness (QED) is 0.545. The first-order valence-electron chi connectivity index (χ1n) is 10.2. The van der Waals surface area contributed by atoms with Crippen LogP contribution in [0.2, 0.25) is 0 Å². The van der Waals surface area contributed by atoms with Gasteiger partial charge in [0.25, 0.3) is 0 Å². The minimum absolute atomic E-state index is 0.193. The molecule has 168 valence electrons. The molecule has 32 heavy (non-hydrogen) atoms. The number of halogens is 2. The lowest BCUT2D eigenvalue weighted by atomic mass is 10.1. The Kier molecular flexibility index (Phi) is 5.55. The Morgan fingerprint density at radius 1 is 1.16 bits per heavy atom. The number of hydrogen-bond acceptors (Lipinski definition) is 8. The molecule has 2 saturated heterocycles. The van der Waals surface area contributed by atoms with Crippen molar-refractivity contribution in [3.63, 3.8) is 0 Å². The molecular formula is C21H21F2N5O4. The summed E-state index contributed by atoms with van der Waals surface area (Å²) in [5.41, 5.74) is 1.11. The van der Waals surface area contributed by atoms with Crippen LogP contribution in [-0.4, -0.2) is 67.1 Å². The van der Waals surface area contributed by atoms with E-state index in [-0.39, 0.29) is 19.1 Å². The van der Waals surface area contributed by atoms with Gasteiger partial charge < -0.3 is 25.0 Å². The summed E-state index contributed by atoms with van der Waals surface area (Å²) in [6.45, 7) is 0.208. The highest BCUT2D eigenvalue weighted by atomic mass is 19.1. The Labute approximate surface area is 181 Å². The first-order chi connectivity index (χ1) is 15.5. The number of hydrogen-bond donors (Lipinski definition) is 3. The lowest BCUT2D eigenvalue weighted by molar-refractivity contribution is -0.0243. The van der Waals surface area contributed by atoms with Crippen LogP contribution in [0.15, 0.2) is 43.0 Å². The third-order valence-corrected chi connectivity index (χ3v) is 5.57. The standard InChI is InChI=1S/C21H21F2N5O4/c22-13-4-2-1-3-11(13)5-6-14-17(29)18(30)21(32-14)28-10-26-16-19(24-9-25-20(16)28)27-12-7-15(23)31-8-12/h1-6,9-10,12,14-15,17-18,21,29-30H,7-8H2,(H,24,25,27)/t12?,14-,15?,17-,18-,21-/m1/s1. The topological polar surface area (TPSA) is 115 Å². The van der Waals surface area contributed by atoms with Gasteiger partial charge in [0.05, 0.1) is 19.0 Å². The summed E-state index contributed by atoms with van der Waals surface area (Å²) >= 11 is 0. The molecule has 0 radical (unpaired) electrons. The van der Waals surface area contributed by atoms with E-state index in [9.17, 15) is 19.0 Å². The summed E-state index contributed by atoms with van der Waals surface area (Å²) < 4.78 is 39.4. The number of nitrogens with zero attached hydrogens (tertiary/aromatic N) is 4. The Bertz CT molecular complexity index is 1140. The zero-order valence-corrected chi connectivity index (χ0v) is 16.8. The fraction of sp³-hybridized carbons (Fsp3) is 0.381. The molecule has 4 heterocycles. The third kappa shape index (κ3) is 3.84. The first kappa shape index (κ1) is 20.9. The number of benzene rings is 1. The third-order valence-electron chi connectivity index (χ3n) is 5.57. The van der Waals surface area contributed by atoms with Gasteiger partial charge in [-0.15, -0.1) is 0 Å². The van der Waals surface area contributed by atoms with E-state index in [2.05, 4.69) is 20.3 Å². The van der Waals surface area contributed by atoms with Gasteiger partial charge in [-0.05, 0) is 6.07 Å². The molecule has 0 bridgehead atoms. The van der Waals surface area contributed by atoms with Gasteiger partial charge in [-0.25, -0.2) is 23.7 Å². The van der Waals surface area contributed by atoms with Crippen molar-refractivity contribution in [3.05, 3.63) is 54.4 Å². The lowest BCUT2D eigenvalue weighted by Crippen LogP contribution is -2.30. The molecule has 3 aromatic rings. The van der Waals surface area contributed by atoms with Crippen molar-refractivity contribution in [2.24, 2.45) is 0 Å². The number of fused-ring (bicyclic) bond motifs is 1. The Hall–Kier alpha value is -2.99. The van der Waals surface area contributed by atoms with Crippen molar-refractivity contribution in [2.75, 3.05) is 11.9 Å². The van der Waals surface area contributed by atoms with E-state index in [0.717, 1.165) is 0 Å². The van der Waals surface area contributed by atoms with Crippen molar-refractivity contribution in [2.45, 2.75) is 43.4 Å². The molecule has 6 atom stereocenters. The van der Waals surface area contributed by atoms with E-state index >= 15 is 0 Å². The summed E-state index contributed by atoms with van der Waals surface area (Å²) in [6, 6.07) is 5.95. The van der Waals surface area contributed by atoms with Gasteiger partial charge in [0, 0.05) is 12.0 Å². The Balaban J connectivity index is 1.38. The molecule has 1 aromatic carbocycles. The van der Waals surface area contributed by atoms with Crippen molar-refractivity contribution >= 4 is 23.1 Å². The number of nitrogens with one attached hydrogen (secondary N) is 1. The van der Waals surface area contributed by atoms with Crippen LogP contribution in [0.25, 0.3) is 17.2 Å². The summed E-state index contributed by atoms with van der Waals surface area (Å²) in [5.74, 6) is -0.00195. The van der Waals surface area contributed by atoms with E-state index in [1.54, 1.807) is 18.2 Å². The Morgan fingerprint density at radius 3 is 2.78 bits per heavy atom. The molecule has 2 unspecified atom stereocenters. The molecule has 5 rings (SSSR count). The number of aromatic nitrogens is 4. The molecule has 2 fully saturated rings. The molecule has 2 aliphatic heterocycles. The predicted octanol–water partition coefficient (Wildman–Crippen LogP) is 1.79. The summed E-state index contributed by atoms with van der Waals surface area (Å²) in [4.78, 5) is 12.7. The predicted molar refractivity (Wildman–Crippen MR) is 110 cm³/mol. The molecular weight excluding hydrogens is 424 g/mol. The second-order valence-corrected chi connectivity index (χ2v) is 7.72. The largest absolute Gasteiger partial charge is 0.387 e. The van der Waals surface area contributed by atoms with E-state index in [1.807, 2.05) is 0 Å². The highest BCUT2D eigenvalue weighted by Gasteiger charge is 2.43. The van der Waals surface area contributed by atoms with Crippen LogP contribution in [0, 0.1) is 5.82 Å². The van der Waals surface area contributed by atoms with Crippen LogP contribution in [0.1, 0.15) is 18.2 Å². The highest BCUT2D eigenvalue weighted by molar-refractivity contribution is 5.82. The molecule has 2 aliphatic rings. The molecule has 0 aliphatic carbocycles. The van der Waals surface area contributed by atoms with E-state index in [0.29, 0.717) is 22.5 Å². The van der Waals surface area contributed by atoms with Gasteiger partial charge in [-0.1, -0.05) is 30.4 Å². The van der Waals surface area contributed by atoms with E-state index in [4.69, 9.17) is 9.47 Å². The average molecular weight is 445 g/mol. The molecule has 11 heteroatoms. The SMILES string of the molecule is O[C@@H]1[C@H](O)[C@@H](C=Cc2ccccc2F)O[C@H]1n1cnc2c(NC3COC(F)C3)ncnc21. The molecule has 2 aromatic heterocycles. The molecule has 0 spiro atoms. The van der Waals surface area contributed by atoms with Gasteiger partial charge in [-0.2, -0.15) is 0 Å². The van der Waals surface area contributed by atoms with Gasteiger partial charge in [0.1, 0.15) is 30.5 Å². The molecule has 0 amide bonds. The zero-order valence-electron chi connectivity index (χ0n) is 16.8. The average Bonchev–Trinajstić information content (AvgIpc) is 3.47. The summed E-state index contributed by atoms with van der Waals surface area (Å²) in [5, 5.41) is 24.2. The summed E-state index contributed by atoms with van der Waals surface area (Å²) in [7, 11) is 0. The fourth-order valence-corrected chi connectivity index (χ4v) is 3.90. The van der Waals surface area contributed by atoms with Crippen LogP contribution in [0.3, 0.4) is 0 Å². The van der Waals surface area contributed by atoms with Crippen LogP contribution >= 0.6 is 0 Å². The fourth-order valence-electron chi connectivity index (χ4n) is 3.90. The van der Waals surface area contributed by atoms with Gasteiger partial charge >= 0.3 is 0 Å². The van der Waals surface area contributed by atoms with Crippen molar-refractivity contribution in [1.29, 1.82) is 0 Å². The van der Waals surface area contributed by atoms with E-state index < -0.39 is 36.7 Å². The number of rotatable bonds is 5. The number of alkyl halides is 1. The van der Waals surface area contributed by atoms with E-state index in [1.165, 1.54) is 35.4 Å². The second kappa shape index (κ2) is 8.51. The number of imidazole rings is 1. The summed E-state index contributed by atoms with van der Waals surface area (Å²) in [6.07, 6.45) is 0.259. The Morgan fingerprint density at radius 2 is 2.00 bits per heavy atom. The smallest absolute Gasteiger partial charge is 0.200 e. The second-order valence-electron chi connectivity index (χ2n) is 7.72. The molecule has 3 N–H and O–H groups in total. The minimum Gasteiger partial charge on any atom is -0.387 e. The maximum atomic E-state index is 13.9. The maximum absolute atomic E-state index is 13.9. The van der Waals surface area contributed by atoms with Crippen molar-refractivity contribution in [3.8, 4) is 0 Å². The number of aliphatic hydroxyl groups excluding tert-OH is 2. The number of anilines is 1. The van der Waals surface area contributed by atoms with Crippen LogP contribution < -0.4 is 5.32 Å². The van der Waals surface area contributed by atoms with Crippen molar-refractivity contribution < 1.29 is 28.5 Å². The number of aliphatic hydroxyl groups is 2. The monoisotopic (exact) mass is 445 g/mol. The van der Waals surface area contributed by atoms with Crippen LogP contribution in [-0.2, 0) is 9.47 Å². The molecule has 0 saturated carbocycles. The lowest BCUT2D eigenvalue weighted by Gasteiger charge is -2.16. The van der Waals surface area contributed by atoms with Crippen LogP contribution in [0.4, 0.5) is 14.6 Å². The highest BCUT2D eigenvalue weighted by Crippen LogP contribution is 2.33. The zero-order chi connectivity index (χ0) is 22.2. The first-order valence-corrected chi connectivity index (χ1v) is 10.2. The minimum atomic E-state index is -1.32.